The number of nitrogens with one attached hydrogen (secondary N) is 1. The van der Waals surface area contributed by atoms with Crippen molar-refractivity contribution in [3.63, 3.8) is 0 Å². The van der Waals surface area contributed by atoms with Crippen LogP contribution in [0.3, 0.4) is 0 Å². The van der Waals surface area contributed by atoms with E-state index in [9.17, 15) is 18.0 Å². The number of fused-ring (bicyclic) bond motifs is 1. The average Bonchev–Trinajstić information content (AvgIpc) is 3.22. The molecule has 4 rings (SSSR count). The van der Waals surface area contributed by atoms with Crippen molar-refractivity contribution >= 4 is 5.91 Å². The van der Waals surface area contributed by atoms with Crippen LogP contribution in [0.25, 0.3) is 0 Å². The number of halogens is 3. The fraction of sp³-hybridized carbons (Fsp3) is 0.667. The van der Waals surface area contributed by atoms with Gasteiger partial charge in [-0.1, -0.05) is 12.1 Å². The Morgan fingerprint density at radius 1 is 1.21 bits per heavy atom. The molecule has 160 valence electrons. The molecule has 1 amide bonds. The van der Waals surface area contributed by atoms with Crippen LogP contribution in [0.2, 0.25) is 0 Å². The summed E-state index contributed by atoms with van der Waals surface area (Å²) in [6.45, 7) is 5.85. The Labute approximate surface area is 169 Å². The molecule has 0 spiro atoms. The third-order valence-electron chi connectivity index (χ3n) is 6.40. The van der Waals surface area contributed by atoms with Crippen LogP contribution >= 0.6 is 0 Å². The van der Waals surface area contributed by atoms with E-state index in [1.165, 1.54) is 13.0 Å². The maximum Gasteiger partial charge on any atom is 0.416 e. The van der Waals surface area contributed by atoms with Gasteiger partial charge in [0.05, 0.1) is 43.3 Å². The van der Waals surface area contributed by atoms with Crippen LogP contribution in [-0.4, -0.2) is 73.2 Å². The number of ether oxygens (including phenoxy) is 1. The highest BCUT2D eigenvalue weighted by Gasteiger charge is 2.45. The number of aryl methyl sites for hydroxylation is 1. The average molecular weight is 411 g/mol. The second kappa shape index (κ2) is 8.24. The van der Waals surface area contributed by atoms with Crippen molar-refractivity contribution in [2.24, 2.45) is 0 Å². The summed E-state index contributed by atoms with van der Waals surface area (Å²) in [5.41, 5.74) is -0.0794. The quantitative estimate of drug-likeness (QED) is 0.829. The van der Waals surface area contributed by atoms with Crippen LogP contribution in [0, 0.1) is 6.92 Å². The molecule has 1 N–H and O–H groups in total. The van der Waals surface area contributed by atoms with Crippen LogP contribution in [0.15, 0.2) is 18.2 Å². The molecule has 3 aliphatic rings. The molecule has 3 fully saturated rings. The van der Waals surface area contributed by atoms with Gasteiger partial charge in [-0.05, 0) is 50.0 Å². The number of hydrogen-bond acceptors (Lipinski definition) is 4. The fourth-order valence-corrected chi connectivity index (χ4v) is 4.95. The van der Waals surface area contributed by atoms with E-state index in [0.717, 1.165) is 32.0 Å². The third kappa shape index (κ3) is 4.29. The molecule has 29 heavy (non-hydrogen) atoms. The number of amides is 1. The Balaban J connectivity index is 1.54. The van der Waals surface area contributed by atoms with Gasteiger partial charge in [0.1, 0.15) is 0 Å². The van der Waals surface area contributed by atoms with Crippen molar-refractivity contribution in [3.05, 3.63) is 34.9 Å². The molecule has 1 aromatic carbocycles. The third-order valence-corrected chi connectivity index (χ3v) is 6.40. The van der Waals surface area contributed by atoms with Crippen molar-refractivity contribution in [2.45, 2.75) is 50.5 Å². The van der Waals surface area contributed by atoms with E-state index in [4.69, 9.17) is 4.74 Å². The molecule has 3 aliphatic heterocycles. The number of piperazine rings is 1. The number of likely N-dealkylation sites (tertiary alicyclic amines) is 1. The Morgan fingerprint density at radius 2 is 1.97 bits per heavy atom. The Morgan fingerprint density at radius 3 is 2.69 bits per heavy atom. The SMILES string of the molecule is Cc1ccc(CC(=O)N2CCN[C@@H]3COCC(N4CCCC4)[C@H]32)cc1C(F)(F)F. The lowest BCUT2D eigenvalue weighted by Gasteiger charge is -2.50. The summed E-state index contributed by atoms with van der Waals surface area (Å²) in [6.07, 6.45) is -2.12. The lowest BCUT2D eigenvalue weighted by Crippen LogP contribution is -2.70. The molecule has 5 nitrogen and oxygen atoms in total. The van der Waals surface area contributed by atoms with Crippen molar-refractivity contribution in [1.82, 2.24) is 15.1 Å². The molecule has 1 unspecified atom stereocenters. The highest BCUT2D eigenvalue weighted by atomic mass is 19.4. The molecule has 0 bridgehead atoms. The predicted octanol–water partition coefficient (Wildman–Crippen LogP) is 2.22. The van der Waals surface area contributed by atoms with Gasteiger partial charge >= 0.3 is 6.18 Å². The van der Waals surface area contributed by atoms with E-state index in [0.29, 0.717) is 31.9 Å². The van der Waals surface area contributed by atoms with E-state index in [1.54, 1.807) is 6.07 Å². The van der Waals surface area contributed by atoms with Crippen molar-refractivity contribution in [1.29, 1.82) is 0 Å². The summed E-state index contributed by atoms with van der Waals surface area (Å²) < 4.78 is 45.5. The highest BCUT2D eigenvalue weighted by molar-refractivity contribution is 5.79. The minimum Gasteiger partial charge on any atom is -0.378 e. The maximum absolute atomic E-state index is 13.2. The van der Waals surface area contributed by atoms with Gasteiger partial charge in [0.2, 0.25) is 5.91 Å². The molecule has 8 heteroatoms. The number of rotatable bonds is 3. The summed E-state index contributed by atoms with van der Waals surface area (Å²) in [7, 11) is 0. The molecule has 0 aliphatic carbocycles. The second-order valence-corrected chi connectivity index (χ2v) is 8.31. The largest absolute Gasteiger partial charge is 0.416 e. The van der Waals surface area contributed by atoms with Crippen molar-refractivity contribution < 1.29 is 22.7 Å². The maximum atomic E-state index is 13.2. The first-order chi connectivity index (χ1) is 13.8. The summed E-state index contributed by atoms with van der Waals surface area (Å²) in [4.78, 5) is 17.5. The van der Waals surface area contributed by atoms with Crippen LogP contribution in [0.1, 0.15) is 29.5 Å². The number of carbonyl (C=O) groups excluding carboxylic acids is 1. The Kier molecular flexibility index (Phi) is 5.86. The standard InChI is InChI=1S/C21H28F3N3O2/c1-14-4-5-15(10-16(14)21(22,23)24)11-19(28)27-9-6-25-17-12-29-13-18(20(17)27)26-7-2-3-8-26/h4-5,10,17-18,20,25H,2-3,6-9,11-13H2,1H3/t17-,18?,20+/m1/s1. The van der Waals surface area contributed by atoms with Gasteiger partial charge in [0.15, 0.2) is 0 Å². The monoisotopic (exact) mass is 411 g/mol. The summed E-state index contributed by atoms with van der Waals surface area (Å²) in [5.74, 6) is -0.107. The zero-order chi connectivity index (χ0) is 20.6. The predicted molar refractivity (Wildman–Crippen MR) is 103 cm³/mol. The molecule has 0 aromatic heterocycles. The van der Waals surface area contributed by atoms with E-state index in [-0.39, 0.29) is 36.0 Å². The van der Waals surface area contributed by atoms with Gasteiger partial charge < -0.3 is 15.0 Å². The number of carbonyl (C=O) groups is 1. The van der Waals surface area contributed by atoms with Crippen molar-refractivity contribution in [3.8, 4) is 0 Å². The van der Waals surface area contributed by atoms with Gasteiger partial charge in [-0.25, -0.2) is 0 Å². The number of alkyl halides is 3. The zero-order valence-electron chi connectivity index (χ0n) is 16.7. The minimum atomic E-state index is -4.41. The van der Waals surface area contributed by atoms with Crippen molar-refractivity contribution in [2.75, 3.05) is 39.4 Å². The molecular formula is C21H28F3N3O2. The summed E-state index contributed by atoms with van der Waals surface area (Å²) >= 11 is 0. The summed E-state index contributed by atoms with van der Waals surface area (Å²) in [6, 6.07) is 4.40. The van der Waals surface area contributed by atoms with Gasteiger partial charge in [-0.2, -0.15) is 13.2 Å². The molecule has 3 atom stereocenters. The normalized spacial score (nSPS) is 28.4. The van der Waals surface area contributed by atoms with Crippen LogP contribution < -0.4 is 5.32 Å². The van der Waals surface area contributed by atoms with Crippen LogP contribution in [0.4, 0.5) is 13.2 Å². The highest BCUT2D eigenvalue weighted by Crippen LogP contribution is 2.33. The fourth-order valence-electron chi connectivity index (χ4n) is 4.95. The van der Waals surface area contributed by atoms with E-state index in [1.807, 2.05) is 4.90 Å². The summed E-state index contributed by atoms with van der Waals surface area (Å²) in [5, 5.41) is 3.47. The number of benzene rings is 1. The Bertz CT molecular complexity index is 747. The molecule has 3 saturated heterocycles. The molecule has 1 aromatic rings. The van der Waals surface area contributed by atoms with Gasteiger partial charge in [0, 0.05) is 13.1 Å². The van der Waals surface area contributed by atoms with Gasteiger partial charge in [-0.3, -0.25) is 9.69 Å². The lowest BCUT2D eigenvalue weighted by molar-refractivity contribution is -0.143. The molecule has 3 heterocycles. The van der Waals surface area contributed by atoms with E-state index in [2.05, 4.69) is 10.2 Å². The minimum absolute atomic E-state index is 0.00404. The van der Waals surface area contributed by atoms with Gasteiger partial charge in [0.25, 0.3) is 0 Å². The Hall–Kier alpha value is -1.64. The lowest BCUT2D eigenvalue weighted by atomic mass is 9.92. The first-order valence-corrected chi connectivity index (χ1v) is 10.4. The number of hydrogen-bond donors (Lipinski definition) is 1. The van der Waals surface area contributed by atoms with E-state index >= 15 is 0 Å². The molecule has 0 radical (unpaired) electrons. The first-order valence-electron chi connectivity index (χ1n) is 10.4. The molecular weight excluding hydrogens is 383 g/mol. The molecule has 0 saturated carbocycles. The van der Waals surface area contributed by atoms with E-state index < -0.39 is 11.7 Å². The first kappa shape index (κ1) is 20.6. The van der Waals surface area contributed by atoms with Crippen LogP contribution in [0.5, 0.6) is 0 Å². The number of nitrogens with zero attached hydrogens (tertiary/aromatic N) is 2. The topological polar surface area (TPSA) is 44.8 Å². The van der Waals surface area contributed by atoms with Gasteiger partial charge in [-0.15, -0.1) is 0 Å². The smallest absolute Gasteiger partial charge is 0.378 e. The zero-order valence-corrected chi connectivity index (χ0v) is 16.7. The van der Waals surface area contributed by atoms with Crippen LogP contribution in [-0.2, 0) is 22.1 Å². The second-order valence-electron chi connectivity index (χ2n) is 8.31.